The van der Waals surface area contributed by atoms with E-state index in [4.69, 9.17) is 5.73 Å². The number of nitrogens with zero attached hydrogens (tertiary/aromatic N) is 2. The lowest BCUT2D eigenvalue weighted by molar-refractivity contribution is 0.576. The molecule has 2 aromatic rings. The molecule has 0 amide bonds. The van der Waals surface area contributed by atoms with Crippen molar-refractivity contribution < 1.29 is 0 Å². The van der Waals surface area contributed by atoms with E-state index in [2.05, 4.69) is 41.8 Å². The molecular formula is C12H17N3. The molecule has 0 bridgehead atoms. The summed E-state index contributed by atoms with van der Waals surface area (Å²) >= 11 is 0. The van der Waals surface area contributed by atoms with Crippen molar-refractivity contribution in [1.82, 2.24) is 9.78 Å². The van der Waals surface area contributed by atoms with Gasteiger partial charge in [0.05, 0.1) is 5.52 Å². The second kappa shape index (κ2) is 4.03. The largest absolute Gasteiger partial charge is 0.330 e. The van der Waals surface area contributed by atoms with E-state index in [0.29, 0.717) is 6.54 Å². The molecule has 0 unspecified atom stereocenters. The Morgan fingerprint density at radius 2 is 2.13 bits per heavy atom. The van der Waals surface area contributed by atoms with Crippen LogP contribution in [0.4, 0.5) is 0 Å². The van der Waals surface area contributed by atoms with Crippen LogP contribution >= 0.6 is 0 Å². The fraction of sp³-hybridized carbons (Fsp3) is 0.417. The zero-order valence-electron chi connectivity index (χ0n) is 9.33. The summed E-state index contributed by atoms with van der Waals surface area (Å²) < 4.78 is 2.05. The number of hydrogen-bond acceptors (Lipinski definition) is 2. The maximum Gasteiger partial charge on any atom is 0.0928 e. The number of rotatable bonds is 3. The van der Waals surface area contributed by atoms with Crippen LogP contribution < -0.4 is 5.73 Å². The highest BCUT2D eigenvalue weighted by Crippen LogP contribution is 2.18. The fourth-order valence-corrected chi connectivity index (χ4v) is 1.83. The third-order valence-corrected chi connectivity index (χ3v) is 2.73. The normalized spacial score (nSPS) is 11.1. The van der Waals surface area contributed by atoms with Crippen LogP contribution in [0.2, 0.25) is 0 Å². The SMILES string of the molecule is Cc1ccc2c(C)n(CCCN)nc2c1. The Morgan fingerprint density at radius 1 is 1.33 bits per heavy atom. The van der Waals surface area contributed by atoms with Crippen molar-refractivity contribution in [2.45, 2.75) is 26.8 Å². The van der Waals surface area contributed by atoms with E-state index in [0.717, 1.165) is 18.5 Å². The highest BCUT2D eigenvalue weighted by Gasteiger charge is 2.06. The van der Waals surface area contributed by atoms with Gasteiger partial charge >= 0.3 is 0 Å². The molecule has 3 nitrogen and oxygen atoms in total. The van der Waals surface area contributed by atoms with Gasteiger partial charge in [0, 0.05) is 17.6 Å². The maximum atomic E-state index is 5.50. The van der Waals surface area contributed by atoms with Gasteiger partial charge in [-0.3, -0.25) is 4.68 Å². The molecular weight excluding hydrogens is 186 g/mol. The van der Waals surface area contributed by atoms with Gasteiger partial charge in [0.1, 0.15) is 0 Å². The predicted molar refractivity (Wildman–Crippen MR) is 62.9 cm³/mol. The Bertz CT molecular complexity index is 471. The molecule has 1 heterocycles. The monoisotopic (exact) mass is 203 g/mol. The maximum absolute atomic E-state index is 5.50. The summed E-state index contributed by atoms with van der Waals surface area (Å²) in [5.41, 5.74) is 9.08. The predicted octanol–water partition coefficient (Wildman–Crippen LogP) is 2.00. The van der Waals surface area contributed by atoms with Crippen LogP contribution in [0.15, 0.2) is 18.2 Å². The van der Waals surface area contributed by atoms with E-state index in [1.807, 2.05) is 0 Å². The summed E-state index contributed by atoms with van der Waals surface area (Å²) in [6.07, 6.45) is 0.980. The molecule has 0 atom stereocenters. The number of benzene rings is 1. The topological polar surface area (TPSA) is 43.8 Å². The van der Waals surface area contributed by atoms with Gasteiger partial charge < -0.3 is 5.73 Å². The first-order chi connectivity index (χ1) is 7.22. The van der Waals surface area contributed by atoms with Crippen LogP contribution in [0.1, 0.15) is 17.7 Å². The lowest BCUT2D eigenvalue weighted by Crippen LogP contribution is -2.07. The molecule has 1 aromatic carbocycles. The number of nitrogens with two attached hydrogens (primary N) is 1. The second-order valence-corrected chi connectivity index (χ2v) is 3.97. The molecule has 0 spiro atoms. The van der Waals surface area contributed by atoms with Gasteiger partial charge in [-0.25, -0.2) is 0 Å². The van der Waals surface area contributed by atoms with Gasteiger partial charge in [0.25, 0.3) is 0 Å². The zero-order chi connectivity index (χ0) is 10.8. The number of aromatic nitrogens is 2. The Kier molecular flexibility index (Phi) is 2.73. The average Bonchev–Trinajstić information content (AvgIpc) is 2.52. The van der Waals surface area contributed by atoms with Crippen LogP contribution in [0, 0.1) is 13.8 Å². The highest BCUT2D eigenvalue weighted by atomic mass is 15.3. The lowest BCUT2D eigenvalue weighted by Gasteiger charge is -2.01. The van der Waals surface area contributed by atoms with Gasteiger partial charge in [-0.1, -0.05) is 12.1 Å². The Hall–Kier alpha value is -1.35. The average molecular weight is 203 g/mol. The van der Waals surface area contributed by atoms with Crippen molar-refractivity contribution in [2.24, 2.45) is 5.73 Å². The standard InChI is InChI=1S/C12H17N3/c1-9-4-5-11-10(2)15(7-3-6-13)14-12(11)8-9/h4-5,8H,3,6-7,13H2,1-2H3. The van der Waals surface area contributed by atoms with Gasteiger partial charge in [0.2, 0.25) is 0 Å². The number of fused-ring (bicyclic) bond motifs is 1. The van der Waals surface area contributed by atoms with Crippen LogP contribution in [0.5, 0.6) is 0 Å². The highest BCUT2D eigenvalue weighted by molar-refractivity contribution is 5.81. The zero-order valence-corrected chi connectivity index (χ0v) is 9.33. The Labute approximate surface area is 89.9 Å². The van der Waals surface area contributed by atoms with Crippen LogP contribution in [-0.2, 0) is 6.54 Å². The smallest absolute Gasteiger partial charge is 0.0928 e. The van der Waals surface area contributed by atoms with E-state index < -0.39 is 0 Å². The van der Waals surface area contributed by atoms with E-state index in [-0.39, 0.29) is 0 Å². The molecule has 0 fully saturated rings. The van der Waals surface area contributed by atoms with Crippen molar-refractivity contribution in [3.05, 3.63) is 29.5 Å². The fourth-order valence-electron chi connectivity index (χ4n) is 1.83. The Morgan fingerprint density at radius 3 is 2.87 bits per heavy atom. The molecule has 0 radical (unpaired) electrons. The van der Waals surface area contributed by atoms with Gasteiger partial charge in [-0.05, 0) is 38.4 Å². The van der Waals surface area contributed by atoms with Crippen molar-refractivity contribution in [1.29, 1.82) is 0 Å². The quantitative estimate of drug-likeness (QED) is 0.829. The Balaban J connectivity index is 2.44. The number of aryl methyl sites for hydroxylation is 3. The second-order valence-electron chi connectivity index (χ2n) is 3.97. The van der Waals surface area contributed by atoms with E-state index in [1.54, 1.807) is 0 Å². The molecule has 0 saturated heterocycles. The van der Waals surface area contributed by atoms with Crippen molar-refractivity contribution in [3.8, 4) is 0 Å². The number of hydrogen-bond donors (Lipinski definition) is 1. The van der Waals surface area contributed by atoms with Crippen molar-refractivity contribution in [2.75, 3.05) is 6.54 Å². The first-order valence-corrected chi connectivity index (χ1v) is 5.36. The third kappa shape index (κ3) is 1.88. The minimum atomic E-state index is 0.717. The summed E-state index contributed by atoms with van der Waals surface area (Å²) in [5.74, 6) is 0. The van der Waals surface area contributed by atoms with Gasteiger partial charge in [-0.15, -0.1) is 0 Å². The molecule has 0 aliphatic carbocycles. The summed E-state index contributed by atoms with van der Waals surface area (Å²) in [6, 6.07) is 6.40. The molecule has 1 aromatic heterocycles. The van der Waals surface area contributed by atoms with E-state index in [9.17, 15) is 0 Å². The molecule has 15 heavy (non-hydrogen) atoms. The molecule has 2 N–H and O–H groups in total. The van der Waals surface area contributed by atoms with Crippen molar-refractivity contribution >= 4 is 10.9 Å². The summed E-state index contributed by atoms with van der Waals surface area (Å²) in [5, 5.41) is 5.82. The van der Waals surface area contributed by atoms with E-state index >= 15 is 0 Å². The molecule has 0 aliphatic rings. The van der Waals surface area contributed by atoms with Crippen molar-refractivity contribution in [3.63, 3.8) is 0 Å². The summed E-state index contributed by atoms with van der Waals surface area (Å²) in [6.45, 7) is 5.83. The molecule has 0 saturated carbocycles. The minimum Gasteiger partial charge on any atom is -0.330 e. The van der Waals surface area contributed by atoms with Crippen LogP contribution in [-0.4, -0.2) is 16.3 Å². The van der Waals surface area contributed by atoms with Gasteiger partial charge in [-0.2, -0.15) is 5.10 Å². The third-order valence-electron chi connectivity index (χ3n) is 2.73. The van der Waals surface area contributed by atoms with Gasteiger partial charge in [0.15, 0.2) is 0 Å². The summed E-state index contributed by atoms with van der Waals surface area (Å²) in [4.78, 5) is 0. The first kappa shape index (κ1) is 10.2. The van der Waals surface area contributed by atoms with Crippen LogP contribution in [0.25, 0.3) is 10.9 Å². The van der Waals surface area contributed by atoms with E-state index in [1.165, 1.54) is 16.6 Å². The lowest BCUT2D eigenvalue weighted by atomic mass is 10.1. The molecule has 80 valence electrons. The molecule has 2 rings (SSSR count). The summed E-state index contributed by atoms with van der Waals surface area (Å²) in [7, 11) is 0. The molecule has 3 heteroatoms. The minimum absolute atomic E-state index is 0.717. The van der Waals surface area contributed by atoms with Crippen LogP contribution in [0.3, 0.4) is 0 Å². The molecule has 0 aliphatic heterocycles. The first-order valence-electron chi connectivity index (χ1n) is 5.36.